The number of carbonyl (C=O) groups excluding carboxylic acids is 2. The number of amides is 1. The lowest BCUT2D eigenvalue weighted by Gasteiger charge is -2.23. The highest BCUT2D eigenvalue weighted by molar-refractivity contribution is 6.08. The molecule has 1 amide bonds. The highest BCUT2D eigenvalue weighted by Crippen LogP contribution is 2.36. The number of aromatic nitrogens is 1. The molecule has 1 aromatic rings. The van der Waals surface area contributed by atoms with Crippen LogP contribution < -0.4 is 0 Å². The van der Waals surface area contributed by atoms with Crippen molar-refractivity contribution in [2.24, 2.45) is 0 Å². The molecular weight excluding hydrogens is 246 g/mol. The number of nitriles is 1. The van der Waals surface area contributed by atoms with Crippen molar-refractivity contribution in [3.05, 3.63) is 41.4 Å². The van der Waals surface area contributed by atoms with Crippen LogP contribution in [0, 0.1) is 11.3 Å². The van der Waals surface area contributed by atoms with E-state index in [0.29, 0.717) is 5.56 Å². The highest BCUT2D eigenvalue weighted by atomic mass is 16.3. The molecule has 0 saturated heterocycles. The third-order valence-corrected chi connectivity index (χ3v) is 2.92. The predicted molar refractivity (Wildman–Crippen MR) is 64.6 cm³/mol. The Balaban J connectivity index is 2.55. The minimum absolute atomic E-state index is 0.00764. The molecule has 2 rings (SSSR count). The van der Waals surface area contributed by atoms with Crippen molar-refractivity contribution < 1.29 is 14.7 Å². The van der Waals surface area contributed by atoms with Gasteiger partial charge in [-0.1, -0.05) is 6.07 Å². The molecule has 0 aliphatic carbocycles. The summed E-state index contributed by atoms with van der Waals surface area (Å²) >= 11 is 0. The van der Waals surface area contributed by atoms with E-state index in [1.807, 2.05) is 6.07 Å². The van der Waals surface area contributed by atoms with E-state index in [-0.39, 0.29) is 12.1 Å². The van der Waals surface area contributed by atoms with E-state index in [9.17, 15) is 14.7 Å². The minimum atomic E-state index is -0.752. The van der Waals surface area contributed by atoms with E-state index in [2.05, 4.69) is 4.98 Å². The van der Waals surface area contributed by atoms with Gasteiger partial charge >= 0.3 is 0 Å². The van der Waals surface area contributed by atoms with Crippen molar-refractivity contribution in [2.75, 3.05) is 6.54 Å². The van der Waals surface area contributed by atoms with Crippen LogP contribution >= 0.6 is 0 Å². The molecule has 1 N–H and O–H groups in total. The van der Waals surface area contributed by atoms with Gasteiger partial charge in [-0.15, -0.1) is 0 Å². The predicted octanol–water partition coefficient (Wildman–Crippen LogP) is 0.890. The number of aliphatic hydroxyl groups excluding tert-OH is 1. The largest absolute Gasteiger partial charge is 0.503 e. The molecule has 19 heavy (non-hydrogen) atoms. The standard InChI is InChI=1S/C13H11N3O3/c1-8(17)10-11(9-3-2-5-15-7-9)16(6-4-14)13(19)12(10)18/h2-3,5,7,11,18H,6H2,1H3. The van der Waals surface area contributed by atoms with Crippen LogP contribution in [0.5, 0.6) is 0 Å². The van der Waals surface area contributed by atoms with Crippen LogP contribution in [0.25, 0.3) is 0 Å². The number of rotatable bonds is 3. The summed E-state index contributed by atoms with van der Waals surface area (Å²) in [5.74, 6) is -1.70. The maximum atomic E-state index is 11.9. The number of ketones is 1. The fourth-order valence-electron chi connectivity index (χ4n) is 2.14. The van der Waals surface area contributed by atoms with Crippen LogP contribution in [0.1, 0.15) is 18.5 Å². The van der Waals surface area contributed by atoms with Crippen LogP contribution in [-0.2, 0) is 9.59 Å². The summed E-state index contributed by atoms with van der Waals surface area (Å²) in [5, 5.41) is 18.6. The van der Waals surface area contributed by atoms with Crippen molar-refractivity contribution in [1.29, 1.82) is 5.26 Å². The van der Waals surface area contributed by atoms with E-state index in [1.54, 1.807) is 18.3 Å². The van der Waals surface area contributed by atoms with Gasteiger partial charge in [0.1, 0.15) is 6.54 Å². The molecule has 6 heteroatoms. The van der Waals surface area contributed by atoms with Gasteiger partial charge in [-0.05, 0) is 18.6 Å². The first-order valence-corrected chi connectivity index (χ1v) is 5.59. The fraction of sp³-hybridized carbons (Fsp3) is 0.231. The fourth-order valence-corrected chi connectivity index (χ4v) is 2.14. The van der Waals surface area contributed by atoms with Gasteiger partial charge in [0.05, 0.1) is 17.7 Å². The maximum Gasteiger partial charge on any atom is 0.290 e. The Kier molecular flexibility index (Phi) is 3.29. The molecule has 0 fully saturated rings. The molecule has 0 aromatic carbocycles. The molecule has 1 aliphatic heterocycles. The van der Waals surface area contributed by atoms with E-state index in [1.165, 1.54) is 13.1 Å². The molecule has 6 nitrogen and oxygen atoms in total. The summed E-state index contributed by atoms with van der Waals surface area (Å²) in [4.78, 5) is 28.6. The molecule has 1 atom stereocenters. The van der Waals surface area contributed by atoms with Crippen molar-refractivity contribution in [3.8, 4) is 6.07 Å². The number of hydrogen-bond acceptors (Lipinski definition) is 5. The summed E-state index contributed by atoms with van der Waals surface area (Å²) in [5.41, 5.74) is 0.591. The van der Waals surface area contributed by atoms with Crippen LogP contribution in [-0.4, -0.2) is 33.2 Å². The second-order valence-electron chi connectivity index (χ2n) is 4.10. The Morgan fingerprint density at radius 1 is 1.63 bits per heavy atom. The molecule has 2 heterocycles. The third kappa shape index (κ3) is 2.06. The van der Waals surface area contributed by atoms with Gasteiger partial charge in [0.2, 0.25) is 0 Å². The van der Waals surface area contributed by atoms with Gasteiger partial charge in [0.25, 0.3) is 5.91 Å². The van der Waals surface area contributed by atoms with Gasteiger partial charge in [-0.25, -0.2) is 0 Å². The first-order chi connectivity index (χ1) is 9.07. The zero-order valence-corrected chi connectivity index (χ0v) is 10.2. The Bertz CT molecular complexity index is 601. The van der Waals surface area contributed by atoms with Crippen LogP contribution in [0.3, 0.4) is 0 Å². The first-order valence-electron chi connectivity index (χ1n) is 5.59. The molecule has 1 aromatic heterocycles. The average molecular weight is 257 g/mol. The van der Waals surface area contributed by atoms with E-state index in [0.717, 1.165) is 4.90 Å². The Morgan fingerprint density at radius 2 is 2.37 bits per heavy atom. The van der Waals surface area contributed by atoms with Crippen LogP contribution in [0.4, 0.5) is 0 Å². The van der Waals surface area contributed by atoms with Crippen molar-refractivity contribution >= 4 is 11.7 Å². The molecular formula is C13H11N3O3. The first kappa shape index (κ1) is 12.8. The number of hydrogen-bond donors (Lipinski definition) is 1. The summed E-state index contributed by atoms with van der Waals surface area (Å²) in [6.45, 7) is 1.07. The summed E-state index contributed by atoms with van der Waals surface area (Å²) in [6.07, 6.45) is 3.07. The summed E-state index contributed by atoms with van der Waals surface area (Å²) < 4.78 is 0. The lowest BCUT2D eigenvalue weighted by molar-refractivity contribution is -0.128. The molecule has 96 valence electrons. The summed E-state index contributed by atoms with van der Waals surface area (Å²) in [7, 11) is 0. The molecule has 0 bridgehead atoms. The quantitative estimate of drug-likeness (QED) is 0.811. The smallest absolute Gasteiger partial charge is 0.290 e. The topological polar surface area (TPSA) is 94.3 Å². The second-order valence-corrected chi connectivity index (χ2v) is 4.10. The molecule has 0 radical (unpaired) electrons. The van der Waals surface area contributed by atoms with Gasteiger partial charge < -0.3 is 10.0 Å². The maximum absolute atomic E-state index is 11.9. The molecule has 1 unspecified atom stereocenters. The van der Waals surface area contributed by atoms with Crippen LogP contribution in [0.15, 0.2) is 35.9 Å². The van der Waals surface area contributed by atoms with Crippen molar-refractivity contribution in [2.45, 2.75) is 13.0 Å². The average Bonchev–Trinajstić information content (AvgIpc) is 2.65. The summed E-state index contributed by atoms with van der Waals surface area (Å²) in [6, 6.07) is 4.46. The number of carbonyl (C=O) groups is 2. The zero-order chi connectivity index (χ0) is 14.0. The highest BCUT2D eigenvalue weighted by Gasteiger charge is 2.42. The number of pyridine rings is 1. The Hall–Kier alpha value is -2.68. The molecule has 0 saturated carbocycles. The van der Waals surface area contributed by atoms with Gasteiger partial charge in [-0.3, -0.25) is 14.6 Å². The van der Waals surface area contributed by atoms with Crippen molar-refractivity contribution in [1.82, 2.24) is 9.88 Å². The van der Waals surface area contributed by atoms with Gasteiger partial charge in [0.15, 0.2) is 11.5 Å². The number of Topliss-reactive ketones (excluding diaryl/α,β-unsaturated/α-hetero) is 1. The lowest BCUT2D eigenvalue weighted by atomic mass is 9.98. The van der Waals surface area contributed by atoms with Gasteiger partial charge in [0, 0.05) is 12.4 Å². The normalized spacial score (nSPS) is 18.6. The SMILES string of the molecule is CC(=O)C1=C(O)C(=O)N(CC#N)C1c1cccnc1. The van der Waals surface area contributed by atoms with E-state index < -0.39 is 23.5 Å². The number of nitrogens with zero attached hydrogens (tertiary/aromatic N) is 3. The number of aliphatic hydroxyl groups is 1. The second kappa shape index (κ2) is 4.90. The monoisotopic (exact) mass is 257 g/mol. The Labute approximate surface area is 109 Å². The van der Waals surface area contributed by atoms with Crippen LogP contribution in [0.2, 0.25) is 0 Å². The Morgan fingerprint density at radius 3 is 2.89 bits per heavy atom. The molecule has 0 spiro atoms. The third-order valence-electron chi connectivity index (χ3n) is 2.92. The van der Waals surface area contributed by atoms with E-state index >= 15 is 0 Å². The molecule has 1 aliphatic rings. The minimum Gasteiger partial charge on any atom is -0.503 e. The van der Waals surface area contributed by atoms with E-state index in [4.69, 9.17) is 5.26 Å². The zero-order valence-electron chi connectivity index (χ0n) is 10.2. The van der Waals surface area contributed by atoms with Gasteiger partial charge in [-0.2, -0.15) is 5.26 Å². The lowest BCUT2D eigenvalue weighted by Crippen LogP contribution is -2.31. The van der Waals surface area contributed by atoms with Crippen molar-refractivity contribution in [3.63, 3.8) is 0 Å².